The van der Waals surface area contributed by atoms with Crippen molar-refractivity contribution in [3.63, 3.8) is 0 Å². The van der Waals surface area contributed by atoms with Crippen molar-refractivity contribution in [2.24, 2.45) is 0 Å². The molecular formula is C19H17N3O2. The van der Waals surface area contributed by atoms with Gasteiger partial charge in [0.15, 0.2) is 5.76 Å². The maximum absolute atomic E-state index is 12.7. The molecule has 3 aromatic rings. The van der Waals surface area contributed by atoms with Crippen LogP contribution < -0.4 is 5.32 Å². The predicted octanol–water partition coefficient (Wildman–Crippen LogP) is 3.72. The molecule has 0 atom stereocenters. The van der Waals surface area contributed by atoms with Crippen LogP contribution in [0.5, 0.6) is 0 Å². The molecule has 2 aromatic heterocycles. The third-order valence-corrected chi connectivity index (χ3v) is 4.40. The quantitative estimate of drug-likeness (QED) is 0.796. The van der Waals surface area contributed by atoms with Crippen molar-refractivity contribution in [3.05, 3.63) is 66.0 Å². The number of carbonyl (C=O) groups is 1. The van der Waals surface area contributed by atoms with E-state index >= 15 is 0 Å². The molecule has 0 saturated heterocycles. The van der Waals surface area contributed by atoms with Crippen LogP contribution in [0.15, 0.2) is 59.3 Å². The van der Waals surface area contributed by atoms with E-state index in [1.54, 1.807) is 6.20 Å². The maximum Gasteiger partial charge on any atom is 0.237 e. The summed E-state index contributed by atoms with van der Waals surface area (Å²) >= 11 is 0. The fourth-order valence-electron chi connectivity index (χ4n) is 2.80. The van der Waals surface area contributed by atoms with Gasteiger partial charge in [0, 0.05) is 17.8 Å². The molecule has 1 fully saturated rings. The van der Waals surface area contributed by atoms with Crippen molar-refractivity contribution in [2.45, 2.75) is 25.2 Å². The summed E-state index contributed by atoms with van der Waals surface area (Å²) in [6.45, 7) is 1.97. The number of rotatable bonds is 4. The molecule has 1 aliphatic rings. The van der Waals surface area contributed by atoms with Crippen molar-refractivity contribution in [3.8, 4) is 11.3 Å². The Kier molecular flexibility index (Phi) is 3.41. The predicted molar refractivity (Wildman–Crippen MR) is 90.5 cm³/mol. The molecule has 120 valence electrons. The second-order valence-corrected chi connectivity index (χ2v) is 6.20. The van der Waals surface area contributed by atoms with Crippen molar-refractivity contribution < 1.29 is 9.32 Å². The summed E-state index contributed by atoms with van der Waals surface area (Å²) < 4.78 is 5.45. The highest BCUT2D eigenvalue weighted by molar-refractivity contribution is 6.00. The maximum atomic E-state index is 12.7. The molecule has 1 aliphatic carbocycles. The SMILES string of the molecule is Cc1ccnc(NC(=O)C2(c3cc(-c4ccccc4)on3)CC2)c1. The smallest absolute Gasteiger partial charge is 0.237 e. The fourth-order valence-corrected chi connectivity index (χ4v) is 2.80. The molecule has 0 spiro atoms. The minimum atomic E-state index is -0.595. The van der Waals surface area contributed by atoms with Gasteiger partial charge in [0.25, 0.3) is 0 Å². The third-order valence-electron chi connectivity index (χ3n) is 4.40. The zero-order chi connectivity index (χ0) is 16.6. The normalized spacial score (nSPS) is 15.0. The number of anilines is 1. The zero-order valence-electron chi connectivity index (χ0n) is 13.3. The summed E-state index contributed by atoms with van der Waals surface area (Å²) in [5.74, 6) is 1.17. The Morgan fingerprint density at radius 2 is 1.96 bits per heavy atom. The lowest BCUT2D eigenvalue weighted by atomic mass is 10.0. The highest BCUT2D eigenvalue weighted by atomic mass is 16.5. The van der Waals surface area contributed by atoms with Gasteiger partial charge >= 0.3 is 0 Å². The molecule has 1 aromatic carbocycles. The van der Waals surface area contributed by atoms with Crippen LogP contribution in [0.4, 0.5) is 5.82 Å². The van der Waals surface area contributed by atoms with Gasteiger partial charge in [-0.05, 0) is 37.5 Å². The standard InChI is InChI=1S/C19H17N3O2/c1-13-7-10-20-17(11-13)21-18(23)19(8-9-19)16-12-15(24-22-16)14-5-3-2-4-6-14/h2-7,10-12H,8-9H2,1H3,(H,20,21,23). The Morgan fingerprint density at radius 3 is 2.67 bits per heavy atom. The lowest BCUT2D eigenvalue weighted by Crippen LogP contribution is -2.28. The van der Waals surface area contributed by atoms with Crippen LogP contribution in [0.1, 0.15) is 24.1 Å². The molecule has 2 heterocycles. The first-order valence-electron chi connectivity index (χ1n) is 7.94. The van der Waals surface area contributed by atoms with Crippen molar-refractivity contribution in [2.75, 3.05) is 5.32 Å². The summed E-state index contributed by atoms with van der Waals surface area (Å²) in [6, 6.07) is 15.4. The molecule has 4 rings (SSSR count). The van der Waals surface area contributed by atoms with Gasteiger partial charge in [-0.1, -0.05) is 35.5 Å². The van der Waals surface area contributed by atoms with E-state index in [0.717, 1.165) is 24.0 Å². The zero-order valence-corrected chi connectivity index (χ0v) is 13.3. The Labute approximate surface area is 139 Å². The van der Waals surface area contributed by atoms with E-state index in [4.69, 9.17) is 4.52 Å². The number of nitrogens with zero attached hydrogens (tertiary/aromatic N) is 2. The second kappa shape index (κ2) is 5.60. The molecule has 5 heteroatoms. The second-order valence-electron chi connectivity index (χ2n) is 6.20. The van der Waals surface area contributed by atoms with Crippen molar-refractivity contribution >= 4 is 11.7 Å². The van der Waals surface area contributed by atoms with Gasteiger partial charge in [-0.15, -0.1) is 0 Å². The van der Waals surface area contributed by atoms with Crippen LogP contribution in [0, 0.1) is 6.92 Å². The number of hydrogen-bond donors (Lipinski definition) is 1. The first kappa shape index (κ1) is 14.6. The lowest BCUT2D eigenvalue weighted by Gasteiger charge is -2.12. The molecule has 1 N–H and O–H groups in total. The third kappa shape index (κ3) is 2.58. The Hall–Kier alpha value is -2.95. The largest absolute Gasteiger partial charge is 0.356 e. The van der Waals surface area contributed by atoms with E-state index in [-0.39, 0.29) is 5.91 Å². The number of nitrogens with one attached hydrogen (secondary N) is 1. The number of aryl methyl sites for hydroxylation is 1. The van der Waals surface area contributed by atoms with Crippen molar-refractivity contribution in [1.29, 1.82) is 0 Å². The molecule has 0 aliphatic heterocycles. The molecule has 1 saturated carbocycles. The minimum Gasteiger partial charge on any atom is -0.356 e. The molecule has 0 radical (unpaired) electrons. The summed E-state index contributed by atoms with van der Waals surface area (Å²) in [6.07, 6.45) is 3.23. The summed E-state index contributed by atoms with van der Waals surface area (Å²) in [7, 11) is 0. The van der Waals surface area contributed by atoms with E-state index in [9.17, 15) is 4.79 Å². The number of benzene rings is 1. The van der Waals surface area contributed by atoms with E-state index in [0.29, 0.717) is 17.3 Å². The van der Waals surface area contributed by atoms with Gasteiger partial charge in [0.2, 0.25) is 5.91 Å². The molecule has 0 bridgehead atoms. The van der Waals surface area contributed by atoms with Gasteiger partial charge in [-0.25, -0.2) is 4.98 Å². The van der Waals surface area contributed by atoms with E-state index in [1.807, 2.05) is 55.5 Å². The fraction of sp³-hybridized carbons (Fsp3) is 0.211. The first-order valence-corrected chi connectivity index (χ1v) is 7.94. The monoisotopic (exact) mass is 319 g/mol. The molecule has 1 amide bonds. The Balaban J connectivity index is 1.57. The number of amides is 1. The number of pyridine rings is 1. The Morgan fingerprint density at radius 1 is 1.17 bits per heavy atom. The number of carbonyl (C=O) groups excluding carboxylic acids is 1. The molecule has 0 unspecified atom stereocenters. The van der Waals surface area contributed by atoms with Crippen LogP contribution in [0.3, 0.4) is 0 Å². The van der Waals surface area contributed by atoms with Crippen LogP contribution in [-0.2, 0) is 10.2 Å². The summed E-state index contributed by atoms with van der Waals surface area (Å²) in [4.78, 5) is 16.9. The first-order chi connectivity index (χ1) is 11.7. The summed E-state index contributed by atoms with van der Waals surface area (Å²) in [5, 5.41) is 7.05. The topological polar surface area (TPSA) is 68.0 Å². The van der Waals surface area contributed by atoms with Gasteiger partial charge < -0.3 is 9.84 Å². The van der Waals surface area contributed by atoms with Crippen LogP contribution >= 0.6 is 0 Å². The average Bonchev–Trinajstić information content (AvgIpc) is 3.26. The minimum absolute atomic E-state index is 0.0755. The van der Waals surface area contributed by atoms with Crippen LogP contribution in [0.2, 0.25) is 0 Å². The highest BCUT2D eigenvalue weighted by Gasteiger charge is 2.54. The number of aromatic nitrogens is 2. The number of hydrogen-bond acceptors (Lipinski definition) is 4. The van der Waals surface area contributed by atoms with Gasteiger partial charge in [0.05, 0.1) is 11.1 Å². The van der Waals surface area contributed by atoms with E-state index in [2.05, 4.69) is 15.5 Å². The highest BCUT2D eigenvalue weighted by Crippen LogP contribution is 2.49. The van der Waals surface area contributed by atoms with Crippen LogP contribution in [0.25, 0.3) is 11.3 Å². The van der Waals surface area contributed by atoms with E-state index < -0.39 is 5.41 Å². The lowest BCUT2D eigenvalue weighted by molar-refractivity contribution is -0.118. The van der Waals surface area contributed by atoms with Crippen LogP contribution in [-0.4, -0.2) is 16.0 Å². The average molecular weight is 319 g/mol. The van der Waals surface area contributed by atoms with Gasteiger partial charge in [0.1, 0.15) is 5.82 Å². The summed E-state index contributed by atoms with van der Waals surface area (Å²) in [5.41, 5.74) is 2.10. The Bertz CT molecular complexity index is 882. The van der Waals surface area contributed by atoms with Crippen molar-refractivity contribution in [1.82, 2.24) is 10.1 Å². The molecular weight excluding hydrogens is 302 g/mol. The van der Waals surface area contributed by atoms with E-state index in [1.165, 1.54) is 0 Å². The van der Waals surface area contributed by atoms with Gasteiger partial charge in [-0.2, -0.15) is 0 Å². The van der Waals surface area contributed by atoms with Gasteiger partial charge in [-0.3, -0.25) is 4.79 Å². The molecule has 24 heavy (non-hydrogen) atoms. The molecule has 5 nitrogen and oxygen atoms in total.